The van der Waals surface area contributed by atoms with Crippen LogP contribution >= 0.6 is 0 Å². The van der Waals surface area contributed by atoms with Crippen LogP contribution in [-0.2, 0) is 0 Å². The van der Waals surface area contributed by atoms with E-state index in [9.17, 15) is 0 Å². The zero-order chi connectivity index (χ0) is 12.8. The van der Waals surface area contributed by atoms with Crippen molar-refractivity contribution in [2.75, 3.05) is 13.1 Å². The molecule has 0 aromatic rings. The standard InChI is InChI=1S/C15H32N2/c1-12(2)8-9-14(5)17-10-6-7-15(11-17)16-13(3)4/h12-16H,6-11H2,1-5H3. The predicted molar refractivity (Wildman–Crippen MR) is 76.4 cm³/mol. The van der Waals surface area contributed by atoms with E-state index >= 15 is 0 Å². The molecule has 17 heavy (non-hydrogen) atoms. The third-order valence-electron chi connectivity index (χ3n) is 3.81. The molecule has 0 aromatic heterocycles. The van der Waals surface area contributed by atoms with Gasteiger partial charge in [-0.3, -0.25) is 4.90 Å². The van der Waals surface area contributed by atoms with E-state index in [1.807, 2.05) is 0 Å². The number of rotatable bonds is 6. The first-order chi connectivity index (χ1) is 7.99. The molecule has 1 aliphatic rings. The molecule has 1 saturated heterocycles. The van der Waals surface area contributed by atoms with Gasteiger partial charge in [0.1, 0.15) is 0 Å². The minimum atomic E-state index is 0.617. The van der Waals surface area contributed by atoms with Crippen molar-refractivity contribution in [3.63, 3.8) is 0 Å². The maximum absolute atomic E-state index is 3.69. The fourth-order valence-corrected chi connectivity index (χ4v) is 2.77. The van der Waals surface area contributed by atoms with Crippen LogP contribution in [0.25, 0.3) is 0 Å². The highest BCUT2D eigenvalue weighted by atomic mass is 15.2. The van der Waals surface area contributed by atoms with E-state index in [2.05, 4.69) is 44.8 Å². The van der Waals surface area contributed by atoms with Crippen LogP contribution in [0.1, 0.15) is 60.3 Å². The Balaban J connectivity index is 2.32. The molecule has 2 heteroatoms. The van der Waals surface area contributed by atoms with Gasteiger partial charge in [-0.2, -0.15) is 0 Å². The summed E-state index contributed by atoms with van der Waals surface area (Å²) in [4.78, 5) is 2.69. The fourth-order valence-electron chi connectivity index (χ4n) is 2.77. The molecule has 2 unspecified atom stereocenters. The summed E-state index contributed by atoms with van der Waals surface area (Å²) in [6.45, 7) is 14.1. The molecule has 1 fully saturated rings. The summed E-state index contributed by atoms with van der Waals surface area (Å²) in [7, 11) is 0. The minimum absolute atomic E-state index is 0.617. The van der Waals surface area contributed by atoms with E-state index in [0.717, 1.165) is 12.0 Å². The Bertz CT molecular complexity index is 201. The zero-order valence-corrected chi connectivity index (χ0v) is 12.5. The summed E-state index contributed by atoms with van der Waals surface area (Å²) in [6.07, 6.45) is 5.42. The van der Waals surface area contributed by atoms with Gasteiger partial charge in [-0.1, -0.05) is 27.7 Å². The first-order valence-electron chi connectivity index (χ1n) is 7.49. The topological polar surface area (TPSA) is 15.3 Å². The van der Waals surface area contributed by atoms with Crippen LogP contribution in [0.4, 0.5) is 0 Å². The van der Waals surface area contributed by atoms with Crippen molar-refractivity contribution < 1.29 is 0 Å². The van der Waals surface area contributed by atoms with Crippen LogP contribution in [0.3, 0.4) is 0 Å². The molecule has 0 spiro atoms. The van der Waals surface area contributed by atoms with Gasteiger partial charge < -0.3 is 5.32 Å². The monoisotopic (exact) mass is 240 g/mol. The third kappa shape index (κ3) is 5.87. The van der Waals surface area contributed by atoms with Crippen molar-refractivity contribution in [2.24, 2.45) is 5.92 Å². The van der Waals surface area contributed by atoms with Gasteiger partial charge in [-0.15, -0.1) is 0 Å². The van der Waals surface area contributed by atoms with Crippen molar-refractivity contribution in [3.05, 3.63) is 0 Å². The molecule has 2 nitrogen and oxygen atoms in total. The average Bonchev–Trinajstić information content (AvgIpc) is 2.25. The lowest BCUT2D eigenvalue weighted by Crippen LogP contribution is -2.50. The highest BCUT2D eigenvalue weighted by molar-refractivity contribution is 4.82. The van der Waals surface area contributed by atoms with E-state index < -0.39 is 0 Å². The van der Waals surface area contributed by atoms with Crippen LogP contribution < -0.4 is 5.32 Å². The normalized spacial score (nSPS) is 24.5. The molecule has 1 N–H and O–H groups in total. The average molecular weight is 240 g/mol. The second kappa shape index (κ2) is 7.38. The minimum Gasteiger partial charge on any atom is -0.311 e. The van der Waals surface area contributed by atoms with Crippen molar-refractivity contribution >= 4 is 0 Å². The highest BCUT2D eigenvalue weighted by Gasteiger charge is 2.23. The Morgan fingerprint density at radius 3 is 2.41 bits per heavy atom. The smallest absolute Gasteiger partial charge is 0.0197 e. The molecule has 0 amide bonds. The maximum atomic E-state index is 3.69. The van der Waals surface area contributed by atoms with Crippen LogP contribution in [0.2, 0.25) is 0 Å². The number of piperidine rings is 1. The number of hydrogen-bond donors (Lipinski definition) is 1. The van der Waals surface area contributed by atoms with Gasteiger partial charge in [0, 0.05) is 24.7 Å². The lowest BCUT2D eigenvalue weighted by atomic mass is 9.99. The summed E-state index contributed by atoms with van der Waals surface area (Å²) >= 11 is 0. The largest absolute Gasteiger partial charge is 0.311 e. The van der Waals surface area contributed by atoms with Gasteiger partial charge in [-0.25, -0.2) is 0 Å². The molecule has 2 atom stereocenters. The molecule has 0 aliphatic carbocycles. The molecule has 0 saturated carbocycles. The van der Waals surface area contributed by atoms with Crippen LogP contribution in [0.5, 0.6) is 0 Å². The second-order valence-corrected chi connectivity index (χ2v) is 6.48. The number of hydrogen-bond acceptors (Lipinski definition) is 2. The van der Waals surface area contributed by atoms with Crippen molar-refractivity contribution in [1.29, 1.82) is 0 Å². The van der Waals surface area contributed by atoms with Gasteiger partial charge in [0.2, 0.25) is 0 Å². The van der Waals surface area contributed by atoms with Gasteiger partial charge in [0.25, 0.3) is 0 Å². The Hall–Kier alpha value is -0.0800. The first kappa shape index (κ1) is 15.0. The summed E-state index contributed by atoms with van der Waals surface area (Å²) < 4.78 is 0. The van der Waals surface area contributed by atoms with Crippen molar-refractivity contribution in [2.45, 2.75) is 78.4 Å². The lowest BCUT2D eigenvalue weighted by Gasteiger charge is -2.38. The number of likely N-dealkylation sites (tertiary alicyclic amines) is 1. The molecule has 1 rings (SSSR count). The summed E-state index contributed by atoms with van der Waals surface area (Å²) in [5, 5.41) is 3.69. The quantitative estimate of drug-likeness (QED) is 0.766. The van der Waals surface area contributed by atoms with Gasteiger partial charge in [0.15, 0.2) is 0 Å². The van der Waals surface area contributed by atoms with Crippen molar-refractivity contribution in [3.8, 4) is 0 Å². The molecule has 1 aliphatic heterocycles. The molecule has 0 bridgehead atoms. The van der Waals surface area contributed by atoms with E-state index in [-0.39, 0.29) is 0 Å². The Morgan fingerprint density at radius 1 is 1.12 bits per heavy atom. The van der Waals surface area contributed by atoms with Crippen LogP contribution in [0, 0.1) is 5.92 Å². The SMILES string of the molecule is CC(C)CCC(C)N1CCCC(NC(C)C)C1. The van der Waals surface area contributed by atoms with E-state index in [1.54, 1.807) is 0 Å². The van der Waals surface area contributed by atoms with Gasteiger partial charge in [-0.05, 0) is 45.1 Å². The van der Waals surface area contributed by atoms with E-state index in [4.69, 9.17) is 0 Å². The van der Waals surface area contributed by atoms with E-state index in [0.29, 0.717) is 12.1 Å². The summed E-state index contributed by atoms with van der Waals surface area (Å²) in [6, 6.07) is 2.09. The second-order valence-electron chi connectivity index (χ2n) is 6.48. The lowest BCUT2D eigenvalue weighted by molar-refractivity contribution is 0.133. The highest BCUT2D eigenvalue weighted by Crippen LogP contribution is 2.17. The van der Waals surface area contributed by atoms with Gasteiger partial charge >= 0.3 is 0 Å². The molecule has 102 valence electrons. The summed E-state index contributed by atoms with van der Waals surface area (Å²) in [5.74, 6) is 0.840. The predicted octanol–water partition coefficient (Wildman–Crippen LogP) is 3.27. The first-order valence-corrected chi connectivity index (χ1v) is 7.49. The van der Waals surface area contributed by atoms with Crippen LogP contribution in [-0.4, -0.2) is 36.1 Å². The van der Waals surface area contributed by atoms with E-state index in [1.165, 1.54) is 38.8 Å². The molecular formula is C15H32N2. The number of nitrogens with zero attached hydrogens (tertiary/aromatic N) is 1. The fraction of sp³-hybridized carbons (Fsp3) is 1.00. The number of nitrogens with one attached hydrogen (secondary N) is 1. The molecule has 0 aromatic carbocycles. The third-order valence-corrected chi connectivity index (χ3v) is 3.81. The molecular weight excluding hydrogens is 208 g/mol. The molecule has 1 heterocycles. The van der Waals surface area contributed by atoms with Crippen molar-refractivity contribution in [1.82, 2.24) is 10.2 Å². The molecule has 0 radical (unpaired) electrons. The Morgan fingerprint density at radius 2 is 1.82 bits per heavy atom. The zero-order valence-electron chi connectivity index (χ0n) is 12.5. The Labute approximate surface area is 108 Å². The van der Waals surface area contributed by atoms with Gasteiger partial charge in [0.05, 0.1) is 0 Å². The summed E-state index contributed by atoms with van der Waals surface area (Å²) in [5.41, 5.74) is 0. The van der Waals surface area contributed by atoms with Crippen LogP contribution in [0.15, 0.2) is 0 Å². The maximum Gasteiger partial charge on any atom is 0.0197 e. The Kier molecular flexibility index (Phi) is 6.50.